The third-order valence-electron chi connectivity index (χ3n) is 3.00. The number of benzene rings is 2. The summed E-state index contributed by atoms with van der Waals surface area (Å²) in [5.74, 6) is 0. The second kappa shape index (κ2) is 5.65. The van der Waals surface area contributed by atoms with Crippen molar-refractivity contribution < 1.29 is 5.11 Å². The SMILES string of the molecule is CC[C@@H](O)c1ccc(Cc2ccccc2)cc1. The molecule has 0 aliphatic carbocycles. The molecule has 1 atom stereocenters. The van der Waals surface area contributed by atoms with Crippen LogP contribution in [0, 0.1) is 0 Å². The van der Waals surface area contributed by atoms with Crippen molar-refractivity contribution in [3.63, 3.8) is 0 Å². The Hall–Kier alpha value is -1.60. The first kappa shape index (κ1) is 11.9. The molecule has 0 saturated heterocycles. The van der Waals surface area contributed by atoms with Gasteiger partial charge in [-0.3, -0.25) is 0 Å². The molecular weight excluding hydrogens is 208 g/mol. The summed E-state index contributed by atoms with van der Waals surface area (Å²) in [5, 5.41) is 9.71. The van der Waals surface area contributed by atoms with E-state index in [2.05, 4.69) is 36.4 Å². The molecule has 2 aromatic carbocycles. The van der Waals surface area contributed by atoms with Crippen molar-refractivity contribution in [3.8, 4) is 0 Å². The third-order valence-corrected chi connectivity index (χ3v) is 3.00. The van der Waals surface area contributed by atoms with Crippen molar-refractivity contribution in [2.45, 2.75) is 25.9 Å². The fourth-order valence-electron chi connectivity index (χ4n) is 1.92. The minimum Gasteiger partial charge on any atom is -0.388 e. The molecule has 0 bridgehead atoms. The molecule has 0 amide bonds. The maximum absolute atomic E-state index is 9.71. The average Bonchev–Trinajstić information content (AvgIpc) is 2.40. The van der Waals surface area contributed by atoms with Crippen molar-refractivity contribution in [2.24, 2.45) is 0 Å². The lowest BCUT2D eigenvalue weighted by Gasteiger charge is -2.09. The Bertz CT molecular complexity index is 445. The second-order valence-corrected chi connectivity index (χ2v) is 4.33. The fourth-order valence-corrected chi connectivity index (χ4v) is 1.92. The topological polar surface area (TPSA) is 20.2 Å². The Labute approximate surface area is 103 Å². The van der Waals surface area contributed by atoms with Gasteiger partial charge >= 0.3 is 0 Å². The zero-order valence-electron chi connectivity index (χ0n) is 10.1. The summed E-state index contributed by atoms with van der Waals surface area (Å²) in [6.07, 6.45) is 1.38. The van der Waals surface area contributed by atoms with Gasteiger partial charge in [0, 0.05) is 0 Å². The summed E-state index contributed by atoms with van der Waals surface area (Å²) in [5.41, 5.74) is 3.60. The predicted molar refractivity (Wildman–Crippen MR) is 70.9 cm³/mol. The number of rotatable bonds is 4. The second-order valence-electron chi connectivity index (χ2n) is 4.33. The van der Waals surface area contributed by atoms with E-state index in [0.29, 0.717) is 0 Å². The lowest BCUT2D eigenvalue weighted by molar-refractivity contribution is 0.173. The van der Waals surface area contributed by atoms with Gasteiger partial charge < -0.3 is 5.11 Å². The quantitative estimate of drug-likeness (QED) is 0.842. The van der Waals surface area contributed by atoms with E-state index in [9.17, 15) is 5.11 Å². The molecule has 0 radical (unpaired) electrons. The Kier molecular flexibility index (Phi) is 3.94. The molecule has 1 nitrogen and oxygen atoms in total. The van der Waals surface area contributed by atoms with Gasteiger partial charge in [0.25, 0.3) is 0 Å². The monoisotopic (exact) mass is 226 g/mol. The van der Waals surface area contributed by atoms with E-state index in [-0.39, 0.29) is 6.10 Å². The molecule has 0 aliphatic rings. The molecule has 0 aliphatic heterocycles. The molecule has 1 N–H and O–H groups in total. The number of hydrogen-bond donors (Lipinski definition) is 1. The maximum Gasteiger partial charge on any atom is 0.0787 e. The van der Waals surface area contributed by atoms with Crippen LogP contribution in [0.3, 0.4) is 0 Å². The van der Waals surface area contributed by atoms with Crippen LogP contribution >= 0.6 is 0 Å². The summed E-state index contributed by atoms with van der Waals surface area (Å²) in [6, 6.07) is 18.7. The minimum absolute atomic E-state index is 0.333. The van der Waals surface area contributed by atoms with Crippen molar-refractivity contribution >= 4 is 0 Å². The van der Waals surface area contributed by atoms with E-state index in [1.165, 1.54) is 11.1 Å². The molecule has 0 aromatic heterocycles. The van der Waals surface area contributed by atoms with Crippen LogP contribution < -0.4 is 0 Å². The minimum atomic E-state index is -0.333. The van der Waals surface area contributed by atoms with Gasteiger partial charge in [-0.15, -0.1) is 0 Å². The summed E-state index contributed by atoms with van der Waals surface area (Å²) >= 11 is 0. The fraction of sp³-hybridized carbons (Fsp3) is 0.250. The average molecular weight is 226 g/mol. The molecular formula is C16H18O. The van der Waals surface area contributed by atoms with Gasteiger partial charge in [0.05, 0.1) is 6.10 Å². The Balaban J connectivity index is 2.08. The van der Waals surface area contributed by atoms with Crippen LogP contribution in [-0.2, 0) is 6.42 Å². The van der Waals surface area contributed by atoms with Crippen LogP contribution in [0.25, 0.3) is 0 Å². The van der Waals surface area contributed by atoms with E-state index in [1.54, 1.807) is 0 Å². The molecule has 0 fully saturated rings. The van der Waals surface area contributed by atoms with Crippen LogP contribution in [0.15, 0.2) is 54.6 Å². The highest BCUT2D eigenvalue weighted by atomic mass is 16.3. The molecule has 88 valence electrons. The largest absolute Gasteiger partial charge is 0.388 e. The Morgan fingerprint density at radius 1 is 0.882 bits per heavy atom. The van der Waals surface area contributed by atoms with Crippen LogP contribution in [0.1, 0.15) is 36.1 Å². The lowest BCUT2D eigenvalue weighted by atomic mass is 10.0. The molecule has 0 saturated carbocycles. The van der Waals surface area contributed by atoms with Gasteiger partial charge in [-0.1, -0.05) is 61.5 Å². The first-order chi connectivity index (χ1) is 8.29. The van der Waals surface area contributed by atoms with E-state index in [1.807, 2.05) is 25.1 Å². The van der Waals surface area contributed by atoms with Crippen LogP contribution in [0.5, 0.6) is 0 Å². The highest BCUT2D eigenvalue weighted by Gasteiger charge is 2.04. The van der Waals surface area contributed by atoms with E-state index in [4.69, 9.17) is 0 Å². The van der Waals surface area contributed by atoms with Crippen molar-refractivity contribution in [1.29, 1.82) is 0 Å². The summed E-state index contributed by atoms with van der Waals surface area (Å²) in [7, 11) is 0. The van der Waals surface area contributed by atoms with Crippen molar-refractivity contribution in [1.82, 2.24) is 0 Å². The van der Waals surface area contributed by atoms with Crippen LogP contribution in [-0.4, -0.2) is 5.11 Å². The molecule has 17 heavy (non-hydrogen) atoms. The summed E-state index contributed by atoms with van der Waals surface area (Å²) in [6.45, 7) is 1.99. The summed E-state index contributed by atoms with van der Waals surface area (Å²) < 4.78 is 0. The van der Waals surface area contributed by atoms with Crippen LogP contribution in [0.4, 0.5) is 0 Å². The predicted octanol–water partition coefficient (Wildman–Crippen LogP) is 3.72. The first-order valence-electron chi connectivity index (χ1n) is 6.10. The standard InChI is InChI=1S/C16H18O/c1-2-16(17)15-10-8-14(9-11-15)12-13-6-4-3-5-7-13/h3-11,16-17H,2,12H2,1H3/t16-/m1/s1. The van der Waals surface area contributed by atoms with Gasteiger partial charge in [-0.05, 0) is 29.5 Å². The van der Waals surface area contributed by atoms with Crippen molar-refractivity contribution in [2.75, 3.05) is 0 Å². The van der Waals surface area contributed by atoms with E-state index < -0.39 is 0 Å². The Morgan fingerprint density at radius 2 is 1.47 bits per heavy atom. The van der Waals surface area contributed by atoms with Gasteiger partial charge in [-0.2, -0.15) is 0 Å². The highest BCUT2D eigenvalue weighted by Crippen LogP contribution is 2.17. The van der Waals surface area contributed by atoms with Crippen LogP contribution in [0.2, 0.25) is 0 Å². The molecule has 2 aromatic rings. The zero-order valence-corrected chi connectivity index (χ0v) is 10.1. The molecule has 0 spiro atoms. The number of aliphatic hydroxyl groups excluding tert-OH is 1. The van der Waals surface area contributed by atoms with E-state index >= 15 is 0 Å². The molecule has 0 unspecified atom stereocenters. The van der Waals surface area contributed by atoms with Gasteiger partial charge in [0.15, 0.2) is 0 Å². The van der Waals surface area contributed by atoms with Crippen molar-refractivity contribution in [3.05, 3.63) is 71.3 Å². The number of aliphatic hydroxyl groups is 1. The normalized spacial score (nSPS) is 12.4. The van der Waals surface area contributed by atoms with Gasteiger partial charge in [-0.25, -0.2) is 0 Å². The molecule has 2 rings (SSSR count). The number of hydrogen-bond acceptors (Lipinski definition) is 1. The Morgan fingerprint density at radius 3 is 2.06 bits per heavy atom. The van der Waals surface area contributed by atoms with Gasteiger partial charge in [0.1, 0.15) is 0 Å². The van der Waals surface area contributed by atoms with Gasteiger partial charge in [0.2, 0.25) is 0 Å². The smallest absolute Gasteiger partial charge is 0.0787 e. The lowest BCUT2D eigenvalue weighted by Crippen LogP contribution is -1.95. The summed E-state index contributed by atoms with van der Waals surface area (Å²) in [4.78, 5) is 0. The van der Waals surface area contributed by atoms with E-state index in [0.717, 1.165) is 18.4 Å². The zero-order chi connectivity index (χ0) is 12.1. The highest BCUT2D eigenvalue weighted by molar-refractivity contribution is 5.29. The molecule has 0 heterocycles. The molecule has 1 heteroatoms. The first-order valence-corrected chi connectivity index (χ1v) is 6.10. The maximum atomic E-state index is 9.71. The third kappa shape index (κ3) is 3.18.